The molecule has 134 heavy (non-hydrogen) atoms. The van der Waals surface area contributed by atoms with Crippen molar-refractivity contribution in [2.75, 3.05) is 204 Å². The van der Waals surface area contributed by atoms with Crippen molar-refractivity contribution >= 4 is 145 Å². The van der Waals surface area contributed by atoms with Gasteiger partial charge in [0.2, 0.25) is 23.8 Å². The van der Waals surface area contributed by atoms with E-state index in [1.165, 1.54) is 16.2 Å². The van der Waals surface area contributed by atoms with Crippen molar-refractivity contribution in [1.29, 1.82) is 0 Å². The lowest BCUT2D eigenvalue weighted by Crippen LogP contribution is -2.48. The third-order valence-corrected chi connectivity index (χ3v) is 25.3. The number of anilines is 17. The largest absolute Gasteiger partial charge is 0.497 e. The van der Waals surface area contributed by atoms with Crippen LogP contribution in [0, 0.1) is 27.7 Å². The number of nitrogens with zero attached hydrogens (tertiary/aromatic N) is 21. The number of benzene rings is 8. The summed E-state index contributed by atoms with van der Waals surface area (Å²) in [5.41, 5.74) is 15.7. The average Bonchev–Trinajstić information content (AvgIpc) is 0.774. The van der Waals surface area contributed by atoms with Crippen molar-refractivity contribution < 1.29 is 42.9 Å². The van der Waals surface area contributed by atoms with Crippen LogP contribution in [0.5, 0.6) is 28.7 Å². The molecule has 0 unspecified atom stereocenters. The molecule has 4 aromatic heterocycles. The molecule has 33 nitrogen and oxygen atoms in total. The number of likely N-dealkylation sites (N-methyl/N-ethyl adjacent to an activating group) is 3. The number of methoxy groups -OCH3 is 5. The lowest BCUT2D eigenvalue weighted by Gasteiger charge is -2.38. The monoisotopic (exact) mass is 1850 g/mol. The SMILES string of the molecule is COc1cc(N2CCN(C(C)=O)CC2)ccc1N1C(=O)N(c2c(C)cccc2C)Cc2cnc(Nc3ccc(N4CCN(C)CC4)cc3)nc21.COc1ccc(N2C(=O)N(c3c(C)cccc3Cl)Cc3cnc(Nc4ccc(CN5CCN(C)CC5)cc4)nc32)c(OC)c1.COc1ccc(N2C(=O)N(c3c(C)cccc3Cl)Cc3cnc(Nc4cnn(CCN(C)C)c4)nc32)c(OC)c1. The molecule has 6 aliphatic heterocycles. The lowest BCUT2D eigenvalue weighted by molar-refractivity contribution is -0.129. The molecule has 3 saturated heterocycles. The van der Waals surface area contributed by atoms with Crippen LogP contribution in [-0.2, 0) is 37.5 Å². The molecule has 0 radical (unpaired) electrons. The van der Waals surface area contributed by atoms with E-state index >= 15 is 0 Å². The molecule has 0 bridgehead atoms. The van der Waals surface area contributed by atoms with Crippen molar-refractivity contribution in [3.63, 3.8) is 0 Å². The van der Waals surface area contributed by atoms with Gasteiger partial charge in [-0.2, -0.15) is 20.1 Å². The number of piperazine rings is 3. The molecule has 6 aliphatic rings. The Morgan fingerprint density at radius 2 is 0.821 bits per heavy atom. The van der Waals surface area contributed by atoms with E-state index in [9.17, 15) is 19.2 Å². The van der Waals surface area contributed by atoms with E-state index in [1.54, 1.807) is 140 Å². The van der Waals surface area contributed by atoms with Crippen LogP contribution in [-0.4, -0.2) is 237 Å². The standard InChI is InChI=1S/C38H45N9O3.C33H36ClN7O3.C28H31ClN8O3/c1-26-7-6-8-27(2)35(26)46-25-29-24-39-37(40-30-9-11-31(12-10-30)44-17-15-42(4)16-18-44)41-36(29)47(38(46)49)33-14-13-32(23-34(33)50-5)45-21-19-43(20-22-45)28(3)48;1-22-6-5-7-27(34)30(22)40-21-24-19-35-32(36-25-10-8-23(9-11-25)20-39-16-14-38(2)15-17-39)37-31(24)41(33(40)42)28-13-12-26(43-3)18-29(28)44-4;1-18-7-6-8-22(29)25(18)36-16-19-14-30-27(32-20-15-31-35(17-20)12-11-34(2)3)33-26(19)37(28(36)38)23-10-9-21(39-4)13-24(23)40-5/h6-14,23-24H,15-22,25H2,1-5H3,(H,39,40,41);5-13,18-19H,14-17,20-21H2,1-4H3,(H,35,36,37);6-10,13-15,17H,11-12,16H2,1-5H3,(H,30,32,33). The summed E-state index contributed by atoms with van der Waals surface area (Å²) in [5.74, 6) is 5.27. The quantitative estimate of drug-likeness (QED) is 0.0506. The average molecular weight is 1850 g/mol. The second-order valence-electron chi connectivity index (χ2n) is 34.0. The fourth-order valence-electron chi connectivity index (χ4n) is 17.3. The summed E-state index contributed by atoms with van der Waals surface area (Å²) >= 11 is 13.2. The number of halogens is 2. The fourth-order valence-corrected chi connectivity index (χ4v) is 17.9. The van der Waals surface area contributed by atoms with Crippen LogP contribution in [0.25, 0.3) is 0 Å². The van der Waals surface area contributed by atoms with E-state index in [0.717, 1.165) is 139 Å². The van der Waals surface area contributed by atoms with Gasteiger partial charge in [0.1, 0.15) is 28.7 Å². The lowest BCUT2D eigenvalue weighted by atomic mass is 10.1. The van der Waals surface area contributed by atoms with E-state index in [2.05, 4.69) is 98.8 Å². The first-order valence-corrected chi connectivity index (χ1v) is 45.2. The maximum atomic E-state index is 14.7. The normalized spacial score (nSPS) is 15.3. The number of urea groups is 3. The number of amides is 7. The van der Waals surface area contributed by atoms with E-state index < -0.39 is 0 Å². The number of carbonyl (C=O) groups is 4. The highest BCUT2D eigenvalue weighted by Gasteiger charge is 2.42. The van der Waals surface area contributed by atoms with E-state index in [-0.39, 0.29) is 37.1 Å². The summed E-state index contributed by atoms with van der Waals surface area (Å²) in [6.07, 6.45) is 8.88. The highest BCUT2D eigenvalue weighted by Crippen LogP contribution is 2.48. The van der Waals surface area contributed by atoms with Crippen molar-refractivity contribution in [2.24, 2.45) is 0 Å². The second kappa shape index (κ2) is 41.4. The van der Waals surface area contributed by atoms with Crippen molar-refractivity contribution in [1.82, 2.24) is 64.2 Å². The minimum Gasteiger partial charge on any atom is -0.497 e. The topological polar surface area (TPSA) is 288 Å². The van der Waals surface area contributed by atoms with Crippen LogP contribution in [0.3, 0.4) is 0 Å². The smallest absolute Gasteiger partial charge is 0.335 e. The molecule has 3 N–H and O–H groups in total. The molecular formula is C99H112Cl2N24O9. The Labute approximate surface area is 790 Å². The molecule has 0 spiro atoms. The van der Waals surface area contributed by atoms with Crippen LogP contribution in [0.2, 0.25) is 10.0 Å². The third-order valence-electron chi connectivity index (χ3n) is 24.7. The number of para-hydroxylation sites is 3. The van der Waals surface area contributed by atoms with Gasteiger partial charge in [-0.05, 0) is 169 Å². The summed E-state index contributed by atoms with van der Waals surface area (Å²) in [6.45, 7) is 24.0. The van der Waals surface area contributed by atoms with Crippen LogP contribution in [0.15, 0.2) is 189 Å². The molecule has 3 fully saturated rings. The van der Waals surface area contributed by atoms with Gasteiger partial charge < -0.3 is 69.0 Å². The number of hydrogen-bond acceptors (Lipinski definition) is 25. The molecule has 8 aromatic carbocycles. The van der Waals surface area contributed by atoms with Crippen LogP contribution in [0.1, 0.15) is 51.4 Å². The van der Waals surface area contributed by atoms with Gasteiger partial charge in [-0.1, -0.05) is 77.8 Å². The Morgan fingerprint density at radius 1 is 0.433 bits per heavy atom. The Balaban J connectivity index is 0.000000147. The van der Waals surface area contributed by atoms with E-state index in [0.29, 0.717) is 135 Å². The number of rotatable bonds is 24. The minimum atomic E-state index is -0.326. The molecule has 35 heteroatoms. The molecule has 18 rings (SSSR count). The summed E-state index contributed by atoms with van der Waals surface area (Å²) in [5, 5.41) is 15.3. The van der Waals surface area contributed by atoms with E-state index in [4.69, 9.17) is 66.8 Å². The van der Waals surface area contributed by atoms with Gasteiger partial charge in [0, 0.05) is 181 Å². The zero-order chi connectivity index (χ0) is 94.1. The summed E-state index contributed by atoms with van der Waals surface area (Å²) < 4.78 is 30.0. The van der Waals surface area contributed by atoms with Gasteiger partial charge in [0.15, 0.2) is 17.5 Å². The Kier molecular flexibility index (Phi) is 28.8. The molecule has 12 aromatic rings. The maximum Gasteiger partial charge on any atom is 0.335 e. The summed E-state index contributed by atoms with van der Waals surface area (Å²) in [7, 11) is 16.2. The first kappa shape index (κ1) is 93.2. The molecule has 10 heterocycles. The predicted molar refractivity (Wildman–Crippen MR) is 528 cm³/mol. The Bertz CT molecular complexity index is 6210. The van der Waals surface area contributed by atoms with Gasteiger partial charge >= 0.3 is 18.1 Å². The van der Waals surface area contributed by atoms with Crippen LogP contribution < -0.4 is 78.8 Å². The summed E-state index contributed by atoms with van der Waals surface area (Å²) in [4.78, 5) is 109. The number of hydrogen-bond donors (Lipinski definition) is 3. The molecular weight excluding hydrogens is 1740 g/mol. The molecule has 696 valence electrons. The Morgan fingerprint density at radius 3 is 1.25 bits per heavy atom. The van der Waals surface area contributed by atoms with Crippen molar-refractivity contribution in [2.45, 2.75) is 67.3 Å². The molecule has 0 saturated carbocycles. The number of aromatic nitrogens is 8. The summed E-state index contributed by atoms with van der Waals surface area (Å²) in [6, 6.07) is 49.5. The van der Waals surface area contributed by atoms with Gasteiger partial charge in [-0.25, -0.2) is 44.0 Å². The number of carbonyl (C=O) groups excluding carboxylic acids is 4. The van der Waals surface area contributed by atoms with Crippen LogP contribution >= 0.6 is 23.2 Å². The zero-order valence-corrected chi connectivity index (χ0v) is 79.5. The minimum absolute atomic E-state index is 0.0896. The number of nitrogens with one attached hydrogen (secondary N) is 3. The molecule has 7 amide bonds. The Hall–Kier alpha value is -14.1. The second-order valence-corrected chi connectivity index (χ2v) is 34.8. The van der Waals surface area contributed by atoms with Crippen molar-refractivity contribution in [3.05, 3.63) is 243 Å². The number of ether oxygens (including phenoxy) is 5. The maximum absolute atomic E-state index is 14.7. The molecule has 0 aliphatic carbocycles. The zero-order valence-electron chi connectivity index (χ0n) is 77.9. The number of aryl methyl sites for hydroxylation is 4. The van der Waals surface area contributed by atoms with Gasteiger partial charge in [0.05, 0.1) is 118 Å². The fraction of sp³-hybridized carbons (Fsp3) is 0.323. The van der Waals surface area contributed by atoms with Gasteiger partial charge in [-0.3, -0.25) is 29.1 Å². The first-order chi connectivity index (χ1) is 64.8. The van der Waals surface area contributed by atoms with E-state index in [1.807, 2.05) is 142 Å². The first-order valence-electron chi connectivity index (χ1n) is 44.5. The van der Waals surface area contributed by atoms with Crippen LogP contribution in [0.4, 0.5) is 112 Å². The highest BCUT2D eigenvalue weighted by molar-refractivity contribution is 6.35. The van der Waals surface area contributed by atoms with Gasteiger partial charge in [0.25, 0.3) is 0 Å². The number of fused-ring (bicyclic) bond motifs is 3. The predicted octanol–water partition coefficient (Wildman–Crippen LogP) is 17.0. The van der Waals surface area contributed by atoms with Gasteiger partial charge in [-0.15, -0.1) is 0 Å². The molecule has 0 atom stereocenters. The van der Waals surface area contributed by atoms with Crippen molar-refractivity contribution in [3.8, 4) is 28.7 Å². The third kappa shape index (κ3) is 20.6. The highest BCUT2D eigenvalue weighted by atomic mass is 35.5.